The molecule has 1 atom stereocenters. The van der Waals surface area contributed by atoms with Gasteiger partial charge in [-0.2, -0.15) is 10.4 Å². The summed E-state index contributed by atoms with van der Waals surface area (Å²) in [6, 6.07) is 22.2. The lowest BCUT2D eigenvalue weighted by Gasteiger charge is -2.23. The Morgan fingerprint density at radius 3 is 2.35 bits per heavy atom. The Hall–Kier alpha value is -3.19. The molecule has 0 bridgehead atoms. The minimum Gasteiger partial charge on any atom is -0.251 e. The van der Waals surface area contributed by atoms with Crippen molar-refractivity contribution >= 4 is 6.08 Å². The van der Waals surface area contributed by atoms with Crippen LogP contribution >= 0.6 is 0 Å². The lowest BCUT2D eigenvalue weighted by Crippen LogP contribution is -2.28. The van der Waals surface area contributed by atoms with Crippen LogP contribution in [0.4, 0.5) is 0 Å². The minimum atomic E-state index is -0.801. The van der Waals surface area contributed by atoms with E-state index in [2.05, 4.69) is 16.2 Å². The second-order valence-electron chi connectivity index (χ2n) is 5.29. The van der Waals surface area contributed by atoms with Gasteiger partial charge in [0, 0.05) is 0 Å². The summed E-state index contributed by atoms with van der Waals surface area (Å²) in [5, 5.41) is 14.1. The summed E-state index contributed by atoms with van der Waals surface area (Å²) in [7, 11) is 0. The van der Waals surface area contributed by atoms with E-state index < -0.39 is 5.41 Å². The molecule has 3 aromatic rings. The van der Waals surface area contributed by atoms with Gasteiger partial charge >= 0.3 is 0 Å². The maximum Gasteiger partial charge on any atom is 0.137 e. The second kappa shape index (κ2) is 6.71. The third-order valence-corrected chi connectivity index (χ3v) is 3.73. The molecule has 0 aliphatic carbocycles. The van der Waals surface area contributed by atoms with Crippen molar-refractivity contribution in [2.24, 2.45) is 0 Å². The largest absolute Gasteiger partial charge is 0.251 e. The Balaban J connectivity index is 2.02. The number of allylic oxidation sites excluding steroid dienone is 1. The van der Waals surface area contributed by atoms with Crippen LogP contribution in [0.3, 0.4) is 0 Å². The Morgan fingerprint density at radius 2 is 1.74 bits per heavy atom. The quantitative estimate of drug-likeness (QED) is 0.725. The molecule has 23 heavy (non-hydrogen) atoms. The molecule has 1 heterocycles. The number of nitriles is 1. The summed E-state index contributed by atoms with van der Waals surface area (Å²) in [4.78, 5) is 3.97. The number of rotatable bonds is 5. The molecule has 112 valence electrons. The lowest BCUT2D eigenvalue weighted by atomic mass is 9.81. The third-order valence-electron chi connectivity index (χ3n) is 3.73. The SMILES string of the molecule is N#CC(C=Cc1ccccc1)(Cn1cncn1)c1ccccc1. The highest BCUT2D eigenvalue weighted by atomic mass is 15.3. The van der Waals surface area contributed by atoms with Crippen LogP contribution < -0.4 is 0 Å². The van der Waals surface area contributed by atoms with E-state index in [0.717, 1.165) is 11.1 Å². The monoisotopic (exact) mass is 300 g/mol. The smallest absolute Gasteiger partial charge is 0.137 e. The molecule has 0 fully saturated rings. The van der Waals surface area contributed by atoms with Crippen molar-refractivity contribution in [2.75, 3.05) is 0 Å². The fraction of sp³-hybridized carbons (Fsp3) is 0.105. The first-order chi connectivity index (χ1) is 11.3. The van der Waals surface area contributed by atoms with Gasteiger partial charge in [0.2, 0.25) is 0 Å². The van der Waals surface area contributed by atoms with Crippen molar-refractivity contribution in [2.45, 2.75) is 12.0 Å². The fourth-order valence-electron chi connectivity index (χ4n) is 2.49. The second-order valence-corrected chi connectivity index (χ2v) is 5.29. The minimum absolute atomic E-state index is 0.414. The first kappa shape index (κ1) is 14.7. The fourth-order valence-corrected chi connectivity index (χ4v) is 2.49. The highest BCUT2D eigenvalue weighted by Gasteiger charge is 2.30. The Labute approximate surface area is 135 Å². The van der Waals surface area contributed by atoms with Crippen molar-refractivity contribution in [1.82, 2.24) is 14.8 Å². The number of hydrogen-bond acceptors (Lipinski definition) is 3. The van der Waals surface area contributed by atoms with Gasteiger partial charge < -0.3 is 0 Å². The van der Waals surface area contributed by atoms with Gasteiger partial charge in [0.05, 0.1) is 12.6 Å². The van der Waals surface area contributed by atoms with Crippen LogP contribution in [0, 0.1) is 11.3 Å². The number of nitrogens with zero attached hydrogens (tertiary/aromatic N) is 4. The van der Waals surface area contributed by atoms with Gasteiger partial charge in [0.15, 0.2) is 0 Å². The molecule has 4 nitrogen and oxygen atoms in total. The number of hydrogen-bond donors (Lipinski definition) is 0. The van der Waals surface area contributed by atoms with Crippen molar-refractivity contribution in [1.29, 1.82) is 5.26 Å². The van der Waals surface area contributed by atoms with Gasteiger partial charge in [0.1, 0.15) is 18.1 Å². The van der Waals surface area contributed by atoms with Gasteiger partial charge in [-0.25, -0.2) is 4.98 Å². The summed E-state index contributed by atoms with van der Waals surface area (Å²) in [6.45, 7) is 0.414. The molecule has 0 saturated carbocycles. The Morgan fingerprint density at radius 1 is 1.04 bits per heavy atom. The van der Waals surface area contributed by atoms with E-state index in [9.17, 15) is 5.26 Å². The Kier molecular flexibility index (Phi) is 4.30. The van der Waals surface area contributed by atoms with Gasteiger partial charge in [-0.3, -0.25) is 4.68 Å². The van der Waals surface area contributed by atoms with E-state index in [4.69, 9.17) is 0 Å². The van der Waals surface area contributed by atoms with Gasteiger partial charge in [0.25, 0.3) is 0 Å². The normalized spacial score (nSPS) is 13.5. The van der Waals surface area contributed by atoms with Crippen LogP contribution in [0.1, 0.15) is 11.1 Å². The summed E-state index contributed by atoms with van der Waals surface area (Å²) in [5.74, 6) is 0. The molecule has 0 N–H and O–H groups in total. The van der Waals surface area contributed by atoms with Gasteiger partial charge in [-0.15, -0.1) is 0 Å². The molecule has 0 aliphatic heterocycles. The van der Waals surface area contributed by atoms with Crippen LogP contribution in [0.5, 0.6) is 0 Å². The zero-order valence-corrected chi connectivity index (χ0v) is 12.6. The van der Waals surface area contributed by atoms with E-state index in [1.54, 1.807) is 11.0 Å². The Bertz CT molecular complexity index is 802. The molecule has 1 aromatic heterocycles. The maximum absolute atomic E-state index is 9.94. The van der Waals surface area contributed by atoms with Crippen molar-refractivity contribution in [3.63, 3.8) is 0 Å². The topological polar surface area (TPSA) is 54.5 Å². The molecule has 0 amide bonds. The van der Waals surface area contributed by atoms with Crippen LogP contribution in [0.15, 0.2) is 79.4 Å². The summed E-state index contributed by atoms with van der Waals surface area (Å²) in [5.41, 5.74) is 1.19. The van der Waals surface area contributed by atoms with Crippen LogP contribution in [-0.4, -0.2) is 14.8 Å². The van der Waals surface area contributed by atoms with Crippen LogP contribution in [0.2, 0.25) is 0 Å². The van der Waals surface area contributed by atoms with E-state index in [-0.39, 0.29) is 0 Å². The third kappa shape index (κ3) is 3.35. The highest BCUT2D eigenvalue weighted by Crippen LogP contribution is 2.28. The summed E-state index contributed by atoms with van der Waals surface area (Å²) in [6.07, 6.45) is 7.03. The molecule has 2 aromatic carbocycles. The first-order valence-corrected chi connectivity index (χ1v) is 7.36. The molecule has 0 radical (unpaired) electrons. The molecule has 3 rings (SSSR count). The standard InChI is InChI=1S/C19H16N4/c20-13-19(14-23-16-21-15-22-23,18-9-5-2-6-10-18)12-11-17-7-3-1-4-8-17/h1-12,15-16H,14H2. The molecular formula is C19H16N4. The van der Waals surface area contributed by atoms with E-state index in [1.807, 2.05) is 72.8 Å². The average molecular weight is 300 g/mol. The molecule has 0 spiro atoms. The average Bonchev–Trinajstić information content (AvgIpc) is 3.13. The van der Waals surface area contributed by atoms with Gasteiger partial charge in [-0.05, 0) is 11.1 Å². The number of benzene rings is 2. The van der Waals surface area contributed by atoms with Crippen molar-refractivity contribution < 1.29 is 0 Å². The lowest BCUT2D eigenvalue weighted by molar-refractivity contribution is 0.501. The van der Waals surface area contributed by atoms with E-state index in [0.29, 0.717) is 6.54 Å². The first-order valence-electron chi connectivity index (χ1n) is 7.36. The molecule has 0 saturated heterocycles. The zero-order chi connectivity index (χ0) is 16.0. The predicted molar refractivity (Wildman–Crippen MR) is 89.2 cm³/mol. The van der Waals surface area contributed by atoms with Crippen molar-refractivity contribution in [3.8, 4) is 6.07 Å². The summed E-state index contributed by atoms with van der Waals surface area (Å²) < 4.78 is 1.69. The highest BCUT2D eigenvalue weighted by molar-refractivity contribution is 5.54. The van der Waals surface area contributed by atoms with Gasteiger partial charge in [-0.1, -0.05) is 72.8 Å². The molecule has 0 aliphatic rings. The molecule has 1 unspecified atom stereocenters. The molecule has 4 heteroatoms. The predicted octanol–water partition coefficient (Wildman–Crippen LogP) is 3.45. The van der Waals surface area contributed by atoms with E-state index in [1.165, 1.54) is 6.33 Å². The molecular weight excluding hydrogens is 284 g/mol. The maximum atomic E-state index is 9.94. The zero-order valence-electron chi connectivity index (χ0n) is 12.6. The number of aromatic nitrogens is 3. The van der Waals surface area contributed by atoms with E-state index >= 15 is 0 Å². The van der Waals surface area contributed by atoms with Crippen LogP contribution in [0.25, 0.3) is 6.08 Å². The van der Waals surface area contributed by atoms with Crippen molar-refractivity contribution in [3.05, 3.63) is 90.5 Å². The van der Waals surface area contributed by atoms with Crippen LogP contribution in [-0.2, 0) is 12.0 Å². The summed E-state index contributed by atoms with van der Waals surface area (Å²) >= 11 is 0.